The number of aliphatic imine (C=N–C) groups is 1. The van der Waals surface area contributed by atoms with Gasteiger partial charge < -0.3 is 20.4 Å². The molecule has 3 rings (SSSR count). The maximum absolute atomic E-state index is 12.8. The zero-order valence-electron chi connectivity index (χ0n) is 20.1. The molecule has 1 aliphatic carbocycles. The molecule has 31 heavy (non-hydrogen) atoms. The molecular formula is C24H46IN5O. The maximum atomic E-state index is 12.8. The van der Waals surface area contributed by atoms with E-state index in [-0.39, 0.29) is 29.9 Å². The number of nitrogens with zero attached hydrogens (tertiary/aromatic N) is 3. The van der Waals surface area contributed by atoms with Gasteiger partial charge in [0.05, 0.1) is 0 Å². The second kappa shape index (κ2) is 13.9. The molecule has 6 nitrogen and oxygen atoms in total. The van der Waals surface area contributed by atoms with Crippen molar-refractivity contribution in [2.45, 2.75) is 78.2 Å². The van der Waals surface area contributed by atoms with Crippen molar-refractivity contribution in [3.05, 3.63) is 0 Å². The first kappa shape index (κ1) is 26.7. The number of amides is 1. The Balaban J connectivity index is 0.00000341. The SMILES string of the molecule is CCNC(=NCC1CCCN(CC(C)C)C1)NC1CCN(C(=O)C2CCCCC2)C1.I. The highest BCUT2D eigenvalue weighted by Crippen LogP contribution is 2.26. The zero-order chi connectivity index (χ0) is 21.3. The Morgan fingerprint density at radius 3 is 2.52 bits per heavy atom. The molecule has 0 aromatic rings. The van der Waals surface area contributed by atoms with Crippen molar-refractivity contribution in [2.75, 3.05) is 45.8 Å². The van der Waals surface area contributed by atoms with E-state index in [2.05, 4.69) is 41.2 Å². The van der Waals surface area contributed by atoms with Gasteiger partial charge in [-0.05, 0) is 57.4 Å². The second-order valence-electron chi connectivity index (χ2n) is 10.1. The van der Waals surface area contributed by atoms with Crippen LogP contribution in [0.5, 0.6) is 0 Å². The van der Waals surface area contributed by atoms with Gasteiger partial charge in [0.1, 0.15) is 0 Å². The molecular weight excluding hydrogens is 501 g/mol. The maximum Gasteiger partial charge on any atom is 0.225 e. The van der Waals surface area contributed by atoms with Gasteiger partial charge >= 0.3 is 0 Å². The first-order chi connectivity index (χ1) is 14.5. The average Bonchev–Trinajstić information content (AvgIpc) is 3.20. The van der Waals surface area contributed by atoms with Gasteiger partial charge in [0.15, 0.2) is 5.96 Å². The largest absolute Gasteiger partial charge is 0.357 e. The van der Waals surface area contributed by atoms with E-state index < -0.39 is 0 Å². The normalized spacial score (nSPS) is 26.1. The number of guanidine groups is 1. The molecule has 180 valence electrons. The van der Waals surface area contributed by atoms with Gasteiger partial charge in [0, 0.05) is 51.2 Å². The molecule has 2 atom stereocenters. The third kappa shape index (κ3) is 8.71. The fourth-order valence-corrected chi connectivity index (χ4v) is 5.40. The Labute approximate surface area is 207 Å². The number of nitrogens with one attached hydrogen (secondary N) is 2. The van der Waals surface area contributed by atoms with E-state index in [0.717, 1.165) is 57.3 Å². The lowest BCUT2D eigenvalue weighted by molar-refractivity contribution is -0.135. The van der Waals surface area contributed by atoms with E-state index in [0.29, 0.717) is 17.9 Å². The van der Waals surface area contributed by atoms with Gasteiger partial charge in [-0.1, -0.05) is 33.1 Å². The Bertz CT molecular complexity index is 564. The van der Waals surface area contributed by atoms with Gasteiger partial charge in [-0.15, -0.1) is 24.0 Å². The van der Waals surface area contributed by atoms with Crippen LogP contribution in [0.3, 0.4) is 0 Å². The fraction of sp³-hybridized carbons (Fsp3) is 0.917. The number of halogens is 1. The van der Waals surface area contributed by atoms with E-state index in [9.17, 15) is 4.79 Å². The topological polar surface area (TPSA) is 60.0 Å². The molecule has 3 aliphatic rings. The molecule has 0 bridgehead atoms. The Morgan fingerprint density at radius 2 is 1.81 bits per heavy atom. The lowest BCUT2D eigenvalue weighted by atomic mass is 9.88. The molecule has 2 aliphatic heterocycles. The molecule has 2 heterocycles. The number of carbonyl (C=O) groups is 1. The van der Waals surface area contributed by atoms with Gasteiger partial charge in [0.2, 0.25) is 5.91 Å². The molecule has 1 saturated carbocycles. The number of piperidine rings is 1. The van der Waals surface area contributed by atoms with Crippen molar-refractivity contribution in [3.63, 3.8) is 0 Å². The molecule has 2 unspecified atom stereocenters. The first-order valence-corrected chi connectivity index (χ1v) is 12.6. The highest BCUT2D eigenvalue weighted by molar-refractivity contribution is 14.0. The predicted octanol–water partition coefficient (Wildman–Crippen LogP) is 3.71. The molecule has 0 spiro atoms. The molecule has 0 aromatic heterocycles. The Hall–Kier alpha value is -0.570. The number of likely N-dealkylation sites (tertiary alicyclic amines) is 2. The van der Waals surface area contributed by atoms with E-state index >= 15 is 0 Å². The predicted molar refractivity (Wildman–Crippen MR) is 140 cm³/mol. The standard InChI is InChI=1S/C24H45N5O.HI/c1-4-25-24(26-15-20-9-8-13-28(17-20)16-19(2)3)27-22-12-14-29(18-22)23(30)21-10-6-5-7-11-21;/h19-22H,4-18H2,1-3H3,(H2,25,26,27);1H. The van der Waals surface area contributed by atoms with Crippen LogP contribution < -0.4 is 10.6 Å². The Morgan fingerprint density at radius 1 is 1.03 bits per heavy atom. The number of hydrogen-bond acceptors (Lipinski definition) is 3. The van der Waals surface area contributed by atoms with Crippen molar-refractivity contribution >= 4 is 35.8 Å². The van der Waals surface area contributed by atoms with E-state index in [1.54, 1.807) is 0 Å². The van der Waals surface area contributed by atoms with Crippen LogP contribution in [0.2, 0.25) is 0 Å². The summed E-state index contributed by atoms with van der Waals surface area (Å²) in [5.41, 5.74) is 0. The fourth-order valence-electron chi connectivity index (χ4n) is 5.40. The van der Waals surface area contributed by atoms with Crippen molar-refractivity contribution in [1.82, 2.24) is 20.4 Å². The highest BCUT2D eigenvalue weighted by Gasteiger charge is 2.32. The van der Waals surface area contributed by atoms with Crippen LogP contribution >= 0.6 is 24.0 Å². The van der Waals surface area contributed by atoms with Crippen molar-refractivity contribution in [1.29, 1.82) is 0 Å². The summed E-state index contributed by atoms with van der Waals surface area (Å²) in [5.74, 6) is 2.98. The summed E-state index contributed by atoms with van der Waals surface area (Å²) in [6, 6.07) is 0.319. The third-order valence-electron chi connectivity index (χ3n) is 6.87. The van der Waals surface area contributed by atoms with Crippen LogP contribution in [-0.4, -0.2) is 73.5 Å². The van der Waals surface area contributed by atoms with Crippen LogP contribution in [0.4, 0.5) is 0 Å². The third-order valence-corrected chi connectivity index (χ3v) is 6.87. The molecule has 0 radical (unpaired) electrons. The van der Waals surface area contributed by atoms with Crippen LogP contribution in [0.25, 0.3) is 0 Å². The zero-order valence-corrected chi connectivity index (χ0v) is 22.4. The molecule has 0 aromatic carbocycles. The summed E-state index contributed by atoms with van der Waals surface area (Å²) in [4.78, 5) is 22.5. The summed E-state index contributed by atoms with van der Waals surface area (Å²) in [7, 11) is 0. The van der Waals surface area contributed by atoms with Gasteiger partial charge in [-0.3, -0.25) is 9.79 Å². The van der Waals surface area contributed by atoms with Crippen LogP contribution in [0.1, 0.15) is 72.1 Å². The first-order valence-electron chi connectivity index (χ1n) is 12.6. The Kier molecular flexibility index (Phi) is 11.9. The van der Waals surface area contributed by atoms with Crippen LogP contribution in [0.15, 0.2) is 4.99 Å². The van der Waals surface area contributed by atoms with E-state index in [1.807, 2.05) is 0 Å². The number of carbonyl (C=O) groups excluding carboxylic acids is 1. The quantitative estimate of drug-likeness (QED) is 0.290. The van der Waals surface area contributed by atoms with Gasteiger partial charge in [0.25, 0.3) is 0 Å². The molecule has 2 N–H and O–H groups in total. The van der Waals surface area contributed by atoms with Crippen molar-refractivity contribution in [2.24, 2.45) is 22.7 Å². The van der Waals surface area contributed by atoms with Crippen molar-refractivity contribution < 1.29 is 4.79 Å². The summed E-state index contributed by atoms with van der Waals surface area (Å²) in [6.45, 7) is 13.8. The van der Waals surface area contributed by atoms with Gasteiger partial charge in [-0.2, -0.15) is 0 Å². The van der Waals surface area contributed by atoms with E-state index in [4.69, 9.17) is 4.99 Å². The molecule has 1 amide bonds. The minimum Gasteiger partial charge on any atom is -0.357 e. The average molecular weight is 548 g/mol. The number of hydrogen-bond donors (Lipinski definition) is 2. The van der Waals surface area contributed by atoms with Crippen LogP contribution in [0, 0.1) is 17.8 Å². The lowest BCUT2D eigenvalue weighted by Crippen LogP contribution is -2.46. The van der Waals surface area contributed by atoms with Gasteiger partial charge in [-0.25, -0.2) is 0 Å². The molecule has 7 heteroatoms. The van der Waals surface area contributed by atoms with Crippen molar-refractivity contribution in [3.8, 4) is 0 Å². The summed E-state index contributed by atoms with van der Waals surface area (Å²) >= 11 is 0. The summed E-state index contributed by atoms with van der Waals surface area (Å²) in [6.07, 6.45) is 9.51. The molecule has 2 saturated heterocycles. The number of rotatable bonds is 7. The van der Waals surface area contributed by atoms with E-state index in [1.165, 1.54) is 51.7 Å². The minimum absolute atomic E-state index is 0. The smallest absolute Gasteiger partial charge is 0.225 e. The summed E-state index contributed by atoms with van der Waals surface area (Å²) < 4.78 is 0. The van der Waals surface area contributed by atoms with Crippen LogP contribution in [-0.2, 0) is 4.79 Å². The highest BCUT2D eigenvalue weighted by atomic mass is 127. The lowest BCUT2D eigenvalue weighted by Gasteiger charge is -2.33. The second-order valence-corrected chi connectivity index (χ2v) is 10.1. The minimum atomic E-state index is 0. The summed E-state index contributed by atoms with van der Waals surface area (Å²) in [5, 5.41) is 7.04. The molecule has 3 fully saturated rings. The monoisotopic (exact) mass is 547 g/mol.